The van der Waals surface area contributed by atoms with Gasteiger partial charge in [0.05, 0.1) is 35.7 Å². The number of nitrogens with zero attached hydrogens (tertiary/aromatic N) is 3. The summed E-state index contributed by atoms with van der Waals surface area (Å²) in [5, 5.41) is 0. The molecule has 1 aliphatic carbocycles. The van der Waals surface area contributed by atoms with Gasteiger partial charge >= 0.3 is 12.4 Å². The van der Waals surface area contributed by atoms with Crippen molar-refractivity contribution in [3.8, 4) is 5.88 Å². The van der Waals surface area contributed by atoms with E-state index >= 15 is 0 Å². The molecule has 37 heavy (non-hydrogen) atoms. The average molecular weight is 530 g/mol. The van der Waals surface area contributed by atoms with E-state index in [4.69, 9.17) is 4.74 Å². The summed E-state index contributed by atoms with van der Waals surface area (Å²) in [5.74, 6) is -0.167. The van der Waals surface area contributed by atoms with Crippen LogP contribution in [-0.4, -0.2) is 35.0 Å². The summed E-state index contributed by atoms with van der Waals surface area (Å²) in [6, 6.07) is 4.64. The van der Waals surface area contributed by atoms with Crippen molar-refractivity contribution >= 4 is 11.6 Å². The predicted octanol–water partition coefficient (Wildman–Crippen LogP) is 6.76. The summed E-state index contributed by atoms with van der Waals surface area (Å²) in [4.78, 5) is 21.0. The smallest absolute Gasteiger partial charge is 0.416 e. The number of benzene rings is 1. The lowest BCUT2D eigenvalue weighted by Crippen LogP contribution is -2.48. The van der Waals surface area contributed by atoms with Crippen molar-refractivity contribution in [1.29, 1.82) is 0 Å². The number of methoxy groups -OCH3 is 1. The molecule has 202 valence electrons. The monoisotopic (exact) mass is 529 g/mol. The Morgan fingerprint density at radius 3 is 2.16 bits per heavy atom. The minimum absolute atomic E-state index is 0.0232. The summed E-state index contributed by atoms with van der Waals surface area (Å²) >= 11 is 0. The zero-order chi connectivity index (χ0) is 27.1. The number of hydrogen-bond acceptors (Lipinski definition) is 4. The zero-order valence-electron chi connectivity index (χ0n) is 20.8. The van der Waals surface area contributed by atoms with E-state index in [9.17, 15) is 31.1 Å². The second kappa shape index (κ2) is 10.1. The first kappa shape index (κ1) is 27.1. The van der Waals surface area contributed by atoms with Crippen LogP contribution in [0.5, 0.6) is 5.88 Å². The van der Waals surface area contributed by atoms with Gasteiger partial charge in [-0.2, -0.15) is 26.3 Å². The Hall–Kier alpha value is -2.98. The molecule has 1 aliphatic heterocycles. The van der Waals surface area contributed by atoms with Gasteiger partial charge in [-0.1, -0.05) is 12.8 Å². The largest absolute Gasteiger partial charge is 0.481 e. The number of alkyl halides is 6. The molecule has 0 bridgehead atoms. The number of carbonyl (C=O) groups is 1. The van der Waals surface area contributed by atoms with Gasteiger partial charge in [-0.05, 0) is 56.0 Å². The Balaban J connectivity index is 1.77. The van der Waals surface area contributed by atoms with Crippen LogP contribution < -0.4 is 9.64 Å². The van der Waals surface area contributed by atoms with Gasteiger partial charge in [0.15, 0.2) is 0 Å². The van der Waals surface area contributed by atoms with E-state index in [2.05, 4.69) is 9.88 Å². The van der Waals surface area contributed by atoms with Crippen LogP contribution in [0, 0.1) is 0 Å². The maximum Gasteiger partial charge on any atom is 0.416 e. The number of carbonyl (C=O) groups excluding carboxylic acids is 1. The van der Waals surface area contributed by atoms with Crippen LogP contribution in [0.2, 0.25) is 0 Å². The molecule has 2 unspecified atom stereocenters. The minimum atomic E-state index is -4.97. The van der Waals surface area contributed by atoms with E-state index < -0.39 is 42.0 Å². The SMILES string of the molecule is COc1ccc2c(n1)C(N(Cc1cc(C(F)(F)F)cc(C(F)(F)F)c1)C(C)=O)CC(C)N2C1CCCC1. The highest BCUT2D eigenvalue weighted by molar-refractivity contribution is 5.74. The van der Waals surface area contributed by atoms with Gasteiger partial charge < -0.3 is 14.5 Å². The van der Waals surface area contributed by atoms with E-state index in [1.54, 1.807) is 6.07 Å². The van der Waals surface area contributed by atoms with Crippen LogP contribution in [-0.2, 0) is 23.7 Å². The van der Waals surface area contributed by atoms with Gasteiger partial charge in [-0.15, -0.1) is 0 Å². The van der Waals surface area contributed by atoms with Crippen LogP contribution in [0.15, 0.2) is 30.3 Å². The molecule has 2 aromatic rings. The summed E-state index contributed by atoms with van der Waals surface area (Å²) in [5.41, 5.74) is -1.74. The first-order valence-corrected chi connectivity index (χ1v) is 12.2. The van der Waals surface area contributed by atoms with Crippen molar-refractivity contribution in [2.75, 3.05) is 12.0 Å². The molecule has 11 heteroatoms. The summed E-state index contributed by atoms with van der Waals surface area (Å²) in [7, 11) is 1.45. The van der Waals surface area contributed by atoms with Crippen LogP contribution in [0.3, 0.4) is 0 Å². The topological polar surface area (TPSA) is 45.7 Å². The van der Waals surface area contributed by atoms with E-state index in [1.165, 1.54) is 18.9 Å². The molecular formula is C26H29F6N3O2. The fraction of sp³-hybridized carbons (Fsp3) is 0.538. The molecule has 2 atom stereocenters. The highest BCUT2D eigenvalue weighted by Gasteiger charge is 2.41. The number of rotatable bonds is 5. The normalized spacial score (nSPS) is 20.6. The maximum atomic E-state index is 13.4. The van der Waals surface area contributed by atoms with Crippen LogP contribution in [0.4, 0.5) is 32.0 Å². The van der Waals surface area contributed by atoms with Crippen molar-refractivity contribution in [3.05, 3.63) is 52.7 Å². The summed E-state index contributed by atoms with van der Waals surface area (Å²) in [6.45, 7) is 2.84. The fourth-order valence-corrected chi connectivity index (χ4v) is 5.57. The van der Waals surface area contributed by atoms with Crippen LogP contribution >= 0.6 is 0 Å². The van der Waals surface area contributed by atoms with Gasteiger partial charge in [-0.25, -0.2) is 4.98 Å². The Labute approximate surface area is 211 Å². The Kier molecular flexibility index (Phi) is 7.36. The molecule has 2 heterocycles. The highest BCUT2D eigenvalue weighted by atomic mass is 19.4. The van der Waals surface area contributed by atoms with E-state index in [-0.39, 0.29) is 17.7 Å². The molecule has 0 saturated heterocycles. The number of halogens is 6. The molecule has 4 rings (SSSR count). The molecular weight excluding hydrogens is 500 g/mol. The van der Waals surface area contributed by atoms with Crippen molar-refractivity contribution in [3.63, 3.8) is 0 Å². The van der Waals surface area contributed by atoms with Gasteiger partial charge in [0.25, 0.3) is 0 Å². The van der Waals surface area contributed by atoms with Crippen molar-refractivity contribution in [1.82, 2.24) is 9.88 Å². The van der Waals surface area contributed by atoms with E-state index in [0.717, 1.165) is 31.4 Å². The van der Waals surface area contributed by atoms with Gasteiger partial charge in [0.2, 0.25) is 11.8 Å². The molecule has 0 spiro atoms. The first-order chi connectivity index (χ1) is 17.3. The molecule has 5 nitrogen and oxygen atoms in total. The summed E-state index contributed by atoms with van der Waals surface area (Å²) in [6.07, 6.45) is -5.28. The van der Waals surface area contributed by atoms with Gasteiger partial charge in [-0.3, -0.25) is 4.79 Å². The standard InChI is InChI=1S/C26H29F6N3O2/c1-15-10-22(24-21(8-9-23(33-24)37-3)35(15)20-6-4-5-7-20)34(16(2)36)14-17-11-18(25(27,28)29)13-19(12-17)26(30,31)32/h8-9,11-13,15,20,22H,4-7,10,14H2,1-3H3. The number of hydrogen-bond donors (Lipinski definition) is 0. The molecule has 2 aliphatic rings. The third-order valence-corrected chi connectivity index (χ3v) is 7.22. The van der Waals surface area contributed by atoms with Crippen molar-refractivity contribution in [2.45, 2.75) is 83.0 Å². The highest BCUT2D eigenvalue weighted by Crippen LogP contribution is 2.44. The van der Waals surface area contributed by atoms with Crippen LogP contribution in [0.25, 0.3) is 0 Å². The number of aromatic nitrogens is 1. The van der Waals surface area contributed by atoms with Crippen molar-refractivity contribution < 1.29 is 35.9 Å². The third kappa shape index (κ3) is 5.65. The van der Waals surface area contributed by atoms with Crippen LogP contribution in [0.1, 0.15) is 74.4 Å². The average Bonchev–Trinajstić information content (AvgIpc) is 3.34. The predicted molar refractivity (Wildman–Crippen MR) is 125 cm³/mol. The Bertz CT molecular complexity index is 1110. The number of pyridine rings is 1. The quantitative estimate of drug-likeness (QED) is 0.402. The van der Waals surface area contributed by atoms with E-state index in [0.29, 0.717) is 36.2 Å². The molecule has 1 saturated carbocycles. The lowest BCUT2D eigenvalue weighted by Gasteiger charge is -2.46. The third-order valence-electron chi connectivity index (χ3n) is 7.22. The second-order valence-electron chi connectivity index (χ2n) is 9.77. The number of ether oxygens (including phenoxy) is 1. The second-order valence-corrected chi connectivity index (χ2v) is 9.77. The van der Waals surface area contributed by atoms with Gasteiger partial charge in [0, 0.05) is 31.6 Å². The Morgan fingerprint density at radius 1 is 1.05 bits per heavy atom. The maximum absolute atomic E-state index is 13.4. The first-order valence-electron chi connectivity index (χ1n) is 12.2. The molecule has 1 aromatic heterocycles. The van der Waals surface area contributed by atoms with Crippen molar-refractivity contribution in [2.24, 2.45) is 0 Å². The lowest BCUT2D eigenvalue weighted by molar-refractivity contribution is -0.143. The molecule has 0 radical (unpaired) electrons. The molecule has 1 fully saturated rings. The van der Waals surface area contributed by atoms with Gasteiger partial charge in [0.1, 0.15) is 0 Å². The number of amides is 1. The lowest BCUT2D eigenvalue weighted by atomic mass is 9.91. The minimum Gasteiger partial charge on any atom is -0.481 e. The number of anilines is 1. The van der Waals surface area contributed by atoms with E-state index in [1.807, 2.05) is 13.0 Å². The number of fused-ring (bicyclic) bond motifs is 1. The fourth-order valence-electron chi connectivity index (χ4n) is 5.57. The molecule has 1 amide bonds. The Morgan fingerprint density at radius 2 is 1.65 bits per heavy atom. The zero-order valence-corrected chi connectivity index (χ0v) is 20.8. The molecule has 1 aromatic carbocycles. The molecule has 0 N–H and O–H groups in total. The summed E-state index contributed by atoms with van der Waals surface area (Å²) < 4.78 is 85.9.